The predicted octanol–water partition coefficient (Wildman–Crippen LogP) is 7.00. The second-order valence-electron chi connectivity index (χ2n) is 10.6. The molecule has 1 aromatic heterocycles. The second-order valence-corrected chi connectivity index (χ2v) is 15.4. The van der Waals surface area contributed by atoms with Crippen molar-refractivity contribution in [3.63, 3.8) is 0 Å². The van der Waals surface area contributed by atoms with Gasteiger partial charge in [0.2, 0.25) is 0 Å². The van der Waals surface area contributed by atoms with Crippen molar-refractivity contribution in [1.29, 1.82) is 0 Å². The SMILES string of the molecule is CCCCC[C@@H]1CCC[C@@](C)(O)[C@H](C[C@@H](O[Si](C)(C)C(C)(C)C)c2ccco2)O1. The average molecular weight is 425 g/mol. The highest BCUT2D eigenvalue weighted by Crippen LogP contribution is 2.42. The van der Waals surface area contributed by atoms with Gasteiger partial charge in [0.1, 0.15) is 11.9 Å². The Morgan fingerprint density at radius 3 is 2.62 bits per heavy atom. The van der Waals surface area contributed by atoms with Gasteiger partial charge in [0.15, 0.2) is 8.32 Å². The number of hydrogen-bond donors (Lipinski definition) is 1. The molecule has 1 aromatic rings. The van der Waals surface area contributed by atoms with E-state index in [2.05, 4.69) is 40.8 Å². The Morgan fingerprint density at radius 1 is 1.31 bits per heavy atom. The summed E-state index contributed by atoms with van der Waals surface area (Å²) in [5, 5.41) is 11.3. The van der Waals surface area contributed by atoms with Crippen LogP contribution in [0.1, 0.15) is 97.8 Å². The van der Waals surface area contributed by atoms with Gasteiger partial charge in [0.05, 0.1) is 24.1 Å². The van der Waals surface area contributed by atoms with Gasteiger partial charge < -0.3 is 18.7 Å². The first-order valence-corrected chi connectivity index (χ1v) is 14.5. The molecule has 0 radical (unpaired) electrons. The molecule has 168 valence electrons. The van der Waals surface area contributed by atoms with Gasteiger partial charge in [-0.05, 0) is 62.9 Å². The number of hydrogen-bond acceptors (Lipinski definition) is 4. The Morgan fingerprint density at radius 2 is 2.03 bits per heavy atom. The minimum atomic E-state index is -2.01. The molecule has 0 amide bonds. The van der Waals surface area contributed by atoms with Crippen molar-refractivity contribution in [1.82, 2.24) is 0 Å². The first-order valence-electron chi connectivity index (χ1n) is 11.6. The van der Waals surface area contributed by atoms with Crippen LogP contribution >= 0.6 is 0 Å². The van der Waals surface area contributed by atoms with E-state index in [4.69, 9.17) is 13.6 Å². The van der Waals surface area contributed by atoms with Crippen molar-refractivity contribution in [2.24, 2.45) is 0 Å². The number of unbranched alkanes of at least 4 members (excludes halogenated alkanes) is 2. The summed E-state index contributed by atoms with van der Waals surface area (Å²) < 4.78 is 19.1. The summed E-state index contributed by atoms with van der Waals surface area (Å²) in [6, 6.07) is 3.90. The molecule has 0 bridgehead atoms. The van der Waals surface area contributed by atoms with E-state index >= 15 is 0 Å². The van der Waals surface area contributed by atoms with Crippen molar-refractivity contribution in [3.8, 4) is 0 Å². The van der Waals surface area contributed by atoms with Crippen LogP contribution in [0.25, 0.3) is 0 Å². The number of ether oxygens (including phenoxy) is 1. The third-order valence-corrected chi connectivity index (χ3v) is 11.4. The molecule has 2 rings (SSSR count). The van der Waals surface area contributed by atoms with Gasteiger partial charge in [-0.15, -0.1) is 0 Å². The molecule has 0 aliphatic carbocycles. The fourth-order valence-corrected chi connectivity index (χ4v) is 5.14. The molecule has 0 aromatic carbocycles. The Balaban J connectivity index is 2.19. The largest absolute Gasteiger partial charge is 0.467 e. The highest BCUT2D eigenvalue weighted by Gasteiger charge is 2.43. The zero-order valence-electron chi connectivity index (χ0n) is 19.8. The third kappa shape index (κ3) is 6.95. The molecule has 4 atom stereocenters. The Labute approximate surface area is 179 Å². The molecule has 1 aliphatic heterocycles. The molecule has 1 N–H and O–H groups in total. The van der Waals surface area contributed by atoms with E-state index in [-0.39, 0.29) is 23.4 Å². The lowest BCUT2D eigenvalue weighted by Crippen LogP contribution is -2.45. The fourth-order valence-electron chi connectivity index (χ4n) is 3.86. The smallest absolute Gasteiger partial charge is 0.193 e. The zero-order valence-corrected chi connectivity index (χ0v) is 20.8. The van der Waals surface area contributed by atoms with Crippen LogP contribution in [0, 0.1) is 0 Å². The number of rotatable bonds is 9. The molecule has 0 unspecified atom stereocenters. The van der Waals surface area contributed by atoms with Gasteiger partial charge in [-0.1, -0.05) is 47.0 Å². The maximum Gasteiger partial charge on any atom is 0.193 e. The van der Waals surface area contributed by atoms with Crippen molar-refractivity contribution in [2.45, 2.75) is 128 Å². The molecule has 29 heavy (non-hydrogen) atoms. The highest BCUT2D eigenvalue weighted by molar-refractivity contribution is 6.74. The van der Waals surface area contributed by atoms with Crippen LogP contribution in [0.5, 0.6) is 0 Å². The van der Waals surface area contributed by atoms with E-state index in [9.17, 15) is 5.11 Å². The predicted molar refractivity (Wildman–Crippen MR) is 122 cm³/mol. The molecule has 0 saturated carbocycles. The van der Waals surface area contributed by atoms with Crippen LogP contribution in [0.15, 0.2) is 22.8 Å². The number of aliphatic hydroxyl groups is 1. The summed E-state index contributed by atoms with van der Waals surface area (Å²) in [7, 11) is -2.01. The van der Waals surface area contributed by atoms with E-state index in [0.717, 1.165) is 31.4 Å². The van der Waals surface area contributed by atoms with Gasteiger partial charge >= 0.3 is 0 Å². The van der Waals surface area contributed by atoms with Gasteiger partial charge in [0, 0.05) is 6.42 Å². The van der Waals surface area contributed by atoms with Crippen molar-refractivity contribution >= 4 is 8.32 Å². The van der Waals surface area contributed by atoms with Crippen LogP contribution < -0.4 is 0 Å². The molecule has 0 spiro atoms. The quantitative estimate of drug-likeness (QED) is 0.342. The Hall–Kier alpha value is -0.623. The standard InChI is InChI=1S/C24H44O4Si/c1-8-9-10-13-19-14-11-16-24(5,25)22(27-19)18-21(20-15-12-17-26-20)28-29(6,7)23(2,3)4/h12,15,17,19,21-22,25H,8-11,13-14,16,18H2,1-7H3/t19-,21-,22+,24-/m1/s1. The average Bonchev–Trinajstić information content (AvgIpc) is 3.09. The van der Waals surface area contributed by atoms with Crippen LogP contribution in [0.3, 0.4) is 0 Å². The van der Waals surface area contributed by atoms with E-state index in [1.807, 2.05) is 19.1 Å². The summed E-state index contributed by atoms with van der Waals surface area (Å²) >= 11 is 0. The molecular formula is C24H44O4Si. The van der Waals surface area contributed by atoms with Crippen molar-refractivity contribution in [2.75, 3.05) is 0 Å². The first kappa shape index (κ1) is 24.6. The second kappa shape index (κ2) is 10.1. The highest BCUT2D eigenvalue weighted by atomic mass is 28.4. The van der Waals surface area contributed by atoms with Crippen LogP contribution in [0.4, 0.5) is 0 Å². The zero-order chi connectivity index (χ0) is 21.7. The van der Waals surface area contributed by atoms with Crippen LogP contribution in [-0.4, -0.2) is 31.2 Å². The normalized spacial score (nSPS) is 27.6. The third-order valence-electron chi connectivity index (χ3n) is 6.92. The maximum absolute atomic E-state index is 11.2. The summed E-state index contributed by atoms with van der Waals surface area (Å²) in [6.45, 7) is 15.4. The van der Waals surface area contributed by atoms with E-state index < -0.39 is 13.9 Å². The van der Waals surface area contributed by atoms with Crippen molar-refractivity contribution < 1.29 is 18.7 Å². The minimum absolute atomic E-state index is 0.105. The van der Waals surface area contributed by atoms with Crippen LogP contribution in [-0.2, 0) is 9.16 Å². The van der Waals surface area contributed by atoms with Gasteiger partial charge in [0.25, 0.3) is 0 Å². The number of furan rings is 1. The molecule has 4 nitrogen and oxygen atoms in total. The van der Waals surface area contributed by atoms with Gasteiger partial charge in [-0.25, -0.2) is 0 Å². The summed E-state index contributed by atoms with van der Waals surface area (Å²) in [5.74, 6) is 0.834. The molecule has 2 heterocycles. The maximum atomic E-state index is 11.2. The lowest BCUT2D eigenvalue weighted by molar-refractivity contribution is -0.131. The lowest BCUT2D eigenvalue weighted by atomic mass is 9.89. The summed E-state index contributed by atoms with van der Waals surface area (Å²) in [6.07, 6.45) is 9.64. The van der Waals surface area contributed by atoms with Gasteiger partial charge in [-0.3, -0.25) is 0 Å². The molecule has 1 fully saturated rings. The fraction of sp³-hybridized carbons (Fsp3) is 0.833. The lowest BCUT2D eigenvalue weighted by Gasteiger charge is -2.41. The van der Waals surface area contributed by atoms with Crippen LogP contribution in [0.2, 0.25) is 18.1 Å². The molecule has 1 saturated heterocycles. The molecular weight excluding hydrogens is 380 g/mol. The Kier molecular flexibility index (Phi) is 8.60. The first-order chi connectivity index (χ1) is 13.5. The van der Waals surface area contributed by atoms with E-state index in [0.29, 0.717) is 6.42 Å². The summed E-state index contributed by atoms with van der Waals surface area (Å²) in [5.41, 5.74) is -0.846. The summed E-state index contributed by atoms with van der Waals surface area (Å²) in [4.78, 5) is 0. The molecule has 1 aliphatic rings. The Bertz CT molecular complexity index is 589. The van der Waals surface area contributed by atoms with Gasteiger partial charge in [-0.2, -0.15) is 0 Å². The van der Waals surface area contributed by atoms with E-state index in [1.54, 1.807) is 6.26 Å². The topological polar surface area (TPSA) is 51.8 Å². The van der Waals surface area contributed by atoms with E-state index in [1.165, 1.54) is 19.3 Å². The minimum Gasteiger partial charge on any atom is -0.467 e. The molecule has 5 heteroatoms. The van der Waals surface area contributed by atoms with Crippen molar-refractivity contribution in [3.05, 3.63) is 24.2 Å². The monoisotopic (exact) mass is 424 g/mol.